The third kappa shape index (κ3) is 4.68. The quantitative estimate of drug-likeness (QED) is 0.329. The highest BCUT2D eigenvalue weighted by Crippen LogP contribution is 2.27. The first-order chi connectivity index (χ1) is 17.1. The van der Waals surface area contributed by atoms with Crippen LogP contribution in [0, 0.1) is 6.92 Å². The molecule has 0 aliphatic heterocycles. The molecule has 1 heterocycles. The van der Waals surface area contributed by atoms with Crippen LogP contribution in [-0.4, -0.2) is 27.8 Å². The molecule has 0 fully saturated rings. The average Bonchev–Trinajstić information content (AvgIpc) is 3.34. The maximum atomic E-state index is 12.8. The van der Waals surface area contributed by atoms with Gasteiger partial charge in [0.25, 0.3) is 5.91 Å². The van der Waals surface area contributed by atoms with E-state index in [0.717, 1.165) is 27.9 Å². The third-order valence-corrected chi connectivity index (χ3v) is 5.78. The number of aryl methyl sites for hydroxylation is 1. The van der Waals surface area contributed by atoms with Crippen molar-refractivity contribution in [2.45, 2.75) is 6.92 Å². The zero-order valence-electron chi connectivity index (χ0n) is 19.5. The number of amides is 1. The molecule has 35 heavy (non-hydrogen) atoms. The van der Waals surface area contributed by atoms with Crippen molar-refractivity contribution < 1.29 is 9.53 Å². The zero-order chi connectivity index (χ0) is 24.2. The molecule has 4 aromatic carbocycles. The minimum Gasteiger partial charge on any atom is -0.466 e. The first kappa shape index (κ1) is 22.1. The molecule has 172 valence electrons. The van der Waals surface area contributed by atoms with Crippen LogP contribution >= 0.6 is 0 Å². The van der Waals surface area contributed by atoms with E-state index in [1.54, 1.807) is 11.8 Å². The van der Waals surface area contributed by atoms with E-state index in [-0.39, 0.29) is 5.91 Å². The Labute approximate surface area is 203 Å². The molecule has 6 heteroatoms. The number of benzene rings is 4. The van der Waals surface area contributed by atoms with Crippen molar-refractivity contribution in [2.24, 2.45) is 0 Å². The van der Waals surface area contributed by atoms with Crippen molar-refractivity contribution >= 4 is 11.6 Å². The van der Waals surface area contributed by atoms with Crippen LogP contribution in [-0.2, 0) is 0 Å². The molecule has 5 aromatic rings. The highest BCUT2D eigenvalue weighted by molar-refractivity contribution is 6.04. The van der Waals surface area contributed by atoms with E-state index in [2.05, 4.69) is 15.4 Å². The molecular weight excluding hydrogens is 436 g/mol. The molecule has 0 radical (unpaired) electrons. The van der Waals surface area contributed by atoms with Gasteiger partial charge in [-0.3, -0.25) is 4.79 Å². The summed E-state index contributed by atoms with van der Waals surface area (Å²) in [5.41, 5.74) is 6.34. The molecule has 0 saturated carbocycles. The normalized spacial score (nSPS) is 10.7. The molecule has 0 atom stereocenters. The molecule has 0 saturated heterocycles. The van der Waals surface area contributed by atoms with Gasteiger partial charge in [0.15, 0.2) is 5.82 Å². The highest BCUT2D eigenvalue weighted by Gasteiger charge is 2.16. The van der Waals surface area contributed by atoms with Crippen molar-refractivity contribution in [2.75, 3.05) is 12.4 Å². The lowest BCUT2D eigenvalue weighted by molar-refractivity contribution is 0.102. The Kier molecular flexibility index (Phi) is 6.09. The second kappa shape index (κ2) is 9.65. The standard InChI is InChI=1S/C29H24N4O2/c1-20-8-6-7-11-26(20)27-31-29(35-2)32-33(27)25-18-16-24(17-19-25)30-28(34)23-14-12-22(13-15-23)21-9-4-3-5-10-21/h3-19H,1-2H3,(H,30,34). The van der Waals surface area contributed by atoms with Gasteiger partial charge in [0.05, 0.1) is 12.8 Å². The summed E-state index contributed by atoms with van der Waals surface area (Å²) in [7, 11) is 1.55. The second-order valence-electron chi connectivity index (χ2n) is 8.09. The molecular formula is C29H24N4O2. The summed E-state index contributed by atoms with van der Waals surface area (Å²) in [6, 6.07) is 33.4. The van der Waals surface area contributed by atoms with Crippen molar-refractivity contribution in [1.29, 1.82) is 0 Å². The van der Waals surface area contributed by atoms with Crippen LogP contribution in [0.3, 0.4) is 0 Å². The summed E-state index contributed by atoms with van der Waals surface area (Å²) in [6.45, 7) is 2.03. The Morgan fingerprint density at radius 1 is 0.800 bits per heavy atom. The Bertz CT molecular complexity index is 1460. The zero-order valence-corrected chi connectivity index (χ0v) is 19.5. The lowest BCUT2D eigenvalue weighted by atomic mass is 10.0. The number of rotatable bonds is 6. The second-order valence-corrected chi connectivity index (χ2v) is 8.09. The number of nitrogens with one attached hydrogen (secondary N) is 1. The van der Waals surface area contributed by atoms with Gasteiger partial charge < -0.3 is 10.1 Å². The van der Waals surface area contributed by atoms with Crippen molar-refractivity contribution in [1.82, 2.24) is 14.8 Å². The van der Waals surface area contributed by atoms with E-state index in [9.17, 15) is 4.79 Å². The van der Waals surface area contributed by atoms with Crippen molar-refractivity contribution in [3.8, 4) is 34.2 Å². The average molecular weight is 461 g/mol. The number of carbonyl (C=O) groups excluding carboxylic acids is 1. The Morgan fingerprint density at radius 2 is 1.46 bits per heavy atom. The van der Waals surface area contributed by atoms with Crippen LogP contribution in [0.1, 0.15) is 15.9 Å². The van der Waals surface area contributed by atoms with Gasteiger partial charge in [-0.15, -0.1) is 5.10 Å². The van der Waals surface area contributed by atoms with Crippen LogP contribution in [0.4, 0.5) is 5.69 Å². The number of carbonyl (C=O) groups is 1. The van der Waals surface area contributed by atoms with Gasteiger partial charge in [0.1, 0.15) is 0 Å². The fourth-order valence-electron chi connectivity index (χ4n) is 3.89. The van der Waals surface area contributed by atoms with Gasteiger partial charge in [-0.05, 0) is 60.0 Å². The van der Waals surface area contributed by atoms with Crippen molar-refractivity contribution in [3.63, 3.8) is 0 Å². The summed E-state index contributed by atoms with van der Waals surface area (Å²) < 4.78 is 7.03. The number of nitrogens with zero attached hydrogens (tertiary/aromatic N) is 3. The first-order valence-corrected chi connectivity index (χ1v) is 11.3. The summed E-state index contributed by atoms with van der Waals surface area (Å²) in [6.07, 6.45) is 0. The van der Waals surface area contributed by atoms with E-state index in [4.69, 9.17) is 4.74 Å². The van der Waals surface area contributed by atoms with E-state index >= 15 is 0 Å². The molecule has 1 N–H and O–H groups in total. The fourth-order valence-corrected chi connectivity index (χ4v) is 3.89. The number of hydrogen-bond acceptors (Lipinski definition) is 4. The molecule has 6 nitrogen and oxygen atoms in total. The summed E-state index contributed by atoms with van der Waals surface area (Å²) >= 11 is 0. The Balaban J connectivity index is 1.35. The van der Waals surface area contributed by atoms with E-state index in [1.165, 1.54) is 0 Å². The number of methoxy groups -OCH3 is 1. The van der Waals surface area contributed by atoms with Gasteiger partial charge >= 0.3 is 6.01 Å². The van der Waals surface area contributed by atoms with E-state index in [1.807, 2.05) is 110 Å². The first-order valence-electron chi connectivity index (χ1n) is 11.3. The van der Waals surface area contributed by atoms with Crippen LogP contribution < -0.4 is 10.1 Å². The van der Waals surface area contributed by atoms with Crippen LogP contribution in [0.25, 0.3) is 28.2 Å². The maximum absolute atomic E-state index is 12.8. The molecule has 0 aliphatic rings. The van der Waals surface area contributed by atoms with Crippen LogP contribution in [0.15, 0.2) is 103 Å². The molecule has 0 spiro atoms. The predicted molar refractivity (Wildman–Crippen MR) is 138 cm³/mol. The summed E-state index contributed by atoms with van der Waals surface area (Å²) in [5, 5.41) is 7.44. The number of anilines is 1. The number of aromatic nitrogens is 3. The largest absolute Gasteiger partial charge is 0.466 e. The van der Waals surface area contributed by atoms with Gasteiger partial charge in [-0.25, -0.2) is 4.68 Å². The molecule has 5 rings (SSSR count). The van der Waals surface area contributed by atoms with Gasteiger partial charge in [-0.2, -0.15) is 4.98 Å². The Morgan fingerprint density at radius 3 is 2.14 bits per heavy atom. The summed E-state index contributed by atoms with van der Waals surface area (Å²) in [4.78, 5) is 17.3. The maximum Gasteiger partial charge on any atom is 0.336 e. The van der Waals surface area contributed by atoms with Gasteiger partial charge in [0, 0.05) is 16.8 Å². The minimum absolute atomic E-state index is 0.166. The molecule has 0 bridgehead atoms. The molecule has 0 aliphatic carbocycles. The smallest absolute Gasteiger partial charge is 0.336 e. The van der Waals surface area contributed by atoms with E-state index < -0.39 is 0 Å². The van der Waals surface area contributed by atoms with Crippen molar-refractivity contribution in [3.05, 3.63) is 114 Å². The number of ether oxygens (including phenoxy) is 1. The lowest BCUT2D eigenvalue weighted by Crippen LogP contribution is -2.11. The molecule has 1 amide bonds. The van der Waals surface area contributed by atoms with Crippen LogP contribution in [0.5, 0.6) is 6.01 Å². The number of hydrogen-bond donors (Lipinski definition) is 1. The summed E-state index contributed by atoms with van der Waals surface area (Å²) in [5.74, 6) is 0.524. The fraction of sp³-hybridized carbons (Fsp3) is 0.0690. The SMILES string of the molecule is COc1nc(-c2ccccc2C)n(-c2ccc(NC(=O)c3ccc(-c4ccccc4)cc3)cc2)n1. The highest BCUT2D eigenvalue weighted by atomic mass is 16.5. The molecule has 0 unspecified atom stereocenters. The molecule has 1 aromatic heterocycles. The third-order valence-electron chi connectivity index (χ3n) is 5.78. The predicted octanol–water partition coefficient (Wildman–Crippen LogP) is 6.17. The van der Waals surface area contributed by atoms with Gasteiger partial charge in [0.2, 0.25) is 0 Å². The van der Waals surface area contributed by atoms with Crippen LogP contribution in [0.2, 0.25) is 0 Å². The van der Waals surface area contributed by atoms with Gasteiger partial charge in [-0.1, -0.05) is 66.7 Å². The Hall–Kier alpha value is -4.71. The topological polar surface area (TPSA) is 69.0 Å². The lowest BCUT2D eigenvalue weighted by Gasteiger charge is -2.10. The van der Waals surface area contributed by atoms with E-state index in [0.29, 0.717) is 23.1 Å². The monoisotopic (exact) mass is 460 g/mol. The minimum atomic E-state index is -0.166.